The van der Waals surface area contributed by atoms with Gasteiger partial charge in [0, 0.05) is 48.8 Å². The molecule has 2 saturated carbocycles. The Labute approximate surface area is 189 Å². The van der Waals surface area contributed by atoms with Crippen LogP contribution >= 0.6 is 11.3 Å². The lowest BCUT2D eigenvalue weighted by atomic mass is 9.64. The van der Waals surface area contributed by atoms with Crippen LogP contribution in [0.4, 0.5) is 0 Å². The van der Waals surface area contributed by atoms with Crippen LogP contribution < -0.4 is 10.0 Å². The Morgan fingerprint density at radius 2 is 2.00 bits per heavy atom. The van der Waals surface area contributed by atoms with Crippen molar-refractivity contribution in [2.75, 3.05) is 25.9 Å². The van der Waals surface area contributed by atoms with Gasteiger partial charge in [-0.15, -0.1) is 11.3 Å². The highest BCUT2D eigenvalue weighted by atomic mass is 32.2. The maximum Gasteiger partial charge on any atom is 0.226 e. The molecule has 7 nitrogen and oxygen atoms in total. The van der Waals surface area contributed by atoms with E-state index in [0.29, 0.717) is 11.8 Å². The van der Waals surface area contributed by atoms with Gasteiger partial charge in [-0.3, -0.25) is 9.59 Å². The van der Waals surface area contributed by atoms with Gasteiger partial charge in [0.15, 0.2) is 0 Å². The Bertz CT molecular complexity index is 892. The Kier molecular flexibility index (Phi) is 6.74. The molecular weight excluding hydrogens is 434 g/mol. The van der Waals surface area contributed by atoms with E-state index >= 15 is 0 Å². The zero-order valence-corrected chi connectivity index (χ0v) is 19.8. The Morgan fingerprint density at radius 1 is 1.23 bits per heavy atom. The fourth-order valence-corrected chi connectivity index (χ4v) is 6.82. The zero-order chi connectivity index (χ0) is 22.1. The highest BCUT2D eigenvalue weighted by molar-refractivity contribution is 7.88. The van der Waals surface area contributed by atoms with Crippen LogP contribution in [0.2, 0.25) is 0 Å². The molecule has 4 rings (SSSR count). The number of sulfonamides is 1. The van der Waals surface area contributed by atoms with Gasteiger partial charge in [-0.25, -0.2) is 13.1 Å². The van der Waals surface area contributed by atoms with Crippen LogP contribution in [0.25, 0.3) is 0 Å². The highest BCUT2D eigenvalue weighted by Gasteiger charge is 2.49. The van der Waals surface area contributed by atoms with Crippen molar-refractivity contribution in [3.8, 4) is 0 Å². The molecule has 0 aromatic carbocycles. The van der Waals surface area contributed by atoms with Crippen molar-refractivity contribution in [2.45, 2.75) is 63.3 Å². The molecule has 1 saturated heterocycles. The summed E-state index contributed by atoms with van der Waals surface area (Å²) in [5, 5.41) is 5.27. The van der Waals surface area contributed by atoms with Gasteiger partial charge in [0.2, 0.25) is 21.8 Å². The summed E-state index contributed by atoms with van der Waals surface area (Å²) in [6, 6.07) is 4.30. The summed E-state index contributed by atoms with van der Waals surface area (Å²) in [7, 11) is -3.28. The topological polar surface area (TPSA) is 95.6 Å². The largest absolute Gasteiger partial charge is 0.353 e. The third-order valence-corrected chi connectivity index (χ3v) is 9.03. The second-order valence-corrected chi connectivity index (χ2v) is 12.2. The number of hydrogen-bond acceptors (Lipinski definition) is 5. The molecule has 172 valence electrons. The number of hydrogen-bond donors (Lipinski definition) is 2. The number of piperidine rings is 1. The number of likely N-dealkylation sites (tertiary alicyclic amines) is 1. The van der Waals surface area contributed by atoms with Crippen LogP contribution in [0.15, 0.2) is 17.5 Å². The van der Waals surface area contributed by atoms with Crippen molar-refractivity contribution >= 4 is 33.2 Å². The molecule has 2 N–H and O–H groups in total. The van der Waals surface area contributed by atoms with Crippen molar-refractivity contribution in [1.29, 1.82) is 0 Å². The van der Waals surface area contributed by atoms with Crippen LogP contribution in [0, 0.1) is 11.3 Å². The van der Waals surface area contributed by atoms with E-state index in [1.54, 1.807) is 11.3 Å². The van der Waals surface area contributed by atoms with Crippen LogP contribution in [-0.2, 0) is 19.6 Å². The third kappa shape index (κ3) is 5.49. The Morgan fingerprint density at radius 3 is 2.68 bits per heavy atom. The number of nitrogens with one attached hydrogen (secondary N) is 2. The third-order valence-electron chi connectivity index (χ3n) is 7.30. The summed E-state index contributed by atoms with van der Waals surface area (Å²) in [4.78, 5) is 28.8. The van der Waals surface area contributed by atoms with Crippen LogP contribution in [0.1, 0.15) is 62.2 Å². The number of carbonyl (C=O) groups is 2. The minimum atomic E-state index is -3.28. The van der Waals surface area contributed by atoms with E-state index in [-0.39, 0.29) is 36.2 Å². The average molecular weight is 468 g/mol. The van der Waals surface area contributed by atoms with Crippen LogP contribution in [0.5, 0.6) is 0 Å². The maximum atomic E-state index is 13.0. The molecule has 0 bridgehead atoms. The number of carbonyl (C=O) groups excluding carboxylic acids is 2. The highest BCUT2D eigenvalue weighted by Crippen LogP contribution is 2.51. The molecule has 1 spiro atoms. The van der Waals surface area contributed by atoms with Crippen molar-refractivity contribution in [3.05, 3.63) is 22.4 Å². The summed E-state index contributed by atoms with van der Waals surface area (Å²) in [6.45, 7) is 1.67. The van der Waals surface area contributed by atoms with Gasteiger partial charge in [0.25, 0.3) is 0 Å². The van der Waals surface area contributed by atoms with Gasteiger partial charge in [0.05, 0.1) is 6.26 Å². The second-order valence-electron chi connectivity index (χ2n) is 9.43. The van der Waals surface area contributed by atoms with E-state index in [2.05, 4.69) is 27.6 Å². The standard InChI is InChI=1S/C22H33N3O4S2/c1-31(28,29)23-11-7-20(26)24-19-6-2-3-8-22(19)9-12-25(13-10-22)21(27)17-15-16(17)18-5-4-14-30-18/h4-5,14,16-17,19,23H,2-3,6-13,15H2,1H3,(H,24,26). The molecule has 3 fully saturated rings. The molecule has 31 heavy (non-hydrogen) atoms. The first-order valence-electron chi connectivity index (χ1n) is 11.3. The number of thiophene rings is 1. The lowest BCUT2D eigenvalue weighted by Crippen LogP contribution is -2.55. The summed E-state index contributed by atoms with van der Waals surface area (Å²) < 4.78 is 24.8. The van der Waals surface area contributed by atoms with Gasteiger partial charge in [0.1, 0.15) is 0 Å². The quantitative estimate of drug-likeness (QED) is 0.644. The van der Waals surface area contributed by atoms with Gasteiger partial charge in [-0.2, -0.15) is 0 Å². The molecule has 2 heterocycles. The molecule has 9 heteroatoms. The van der Waals surface area contributed by atoms with Gasteiger partial charge >= 0.3 is 0 Å². The first-order chi connectivity index (χ1) is 14.8. The Hall–Kier alpha value is -1.45. The average Bonchev–Trinajstić information content (AvgIpc) is 3.33. The molecule has 3 unspecified atom stereocenters. The van der Waals surface area contributed by atoms with E-state index in [1.807, 2.05) is 4.90 Å². The Balaban J connectivity index is 1.29. The molecule has 2 aliphatic carbocycles. The fraction of sp³-hybridized carbons (Fsp3) is 0.727. The normalized spacial score (nSPS) is 27.8. The summed E-state index contributed by atoms with van der Waals surface area (Å²) in [5.74, 6) is 0.761. The molecule has 3 atom stereocenters. The van der Waals surface area contributed by atoms with Crippen molar-refractivity contribution in [2.24, 2.45) is 11.3 Å². The van der Waals surface area contributed by atoms with E-state index in [9.17, 15) is 18.0 Å². The van der Waals surface area contributed by atoms with Crippen LogP contribution in [0.3, 0.4) is 0 Å². The predicted octanol–water partition coefficient (Wildman–Crippen LogP) is 2.46. The lowest BCUT2D eigenvalue weighted by Gasteiger charge is -2.49. The zero-order valence-electron chi connectivity index (χ0n) is 18.1. The minimum Gasteiger partial charge on any atom is -0.353 e. The molecule has 1 aromatic rings. The summed E-state index contributed by atoms with van der Waals surface area (Å²) >= 11 is 1.74. The van der Waals surface area contributed by atoms with Gasteiger partial charge < -0.3 is 10.2 Å². The predicted molar refractivity (Wildman–Crippen MR) is 121 cm³/mol. The van der Waals surface area contributed by atoms with Crippen molar-refractivity contribution in [1.82, 2.24) is 14.9 Å². The number of rotatable bonds is 7. The van der Waals surface area contributed by atoms with Gasteiger partial charge in [-0.05, 0) is 49.0 Å². The van der Waals surface area contributed by atoms with E-state index in [1.165, 1.54) is 11.3 Å². The second kappa shape index (κ2) is 9.19. The van der Waals surface area contributed by atoms with Crippen molar-refractivity contribution < 1.29 is 18.0 Å². The molecule has 2 amide bonds. The fourth-order valence-electron chi connectivity index (χ4n) is 5.44. The number of nitrogens with zero attached hydrogens (tertiary/aromatic N) is 1. The van der Waals surface area contributed by atoms with Gasteiger partial charge in [-0.1, -0.05) is 18.9 Å². The molecule has 0 radical (unpaired) electrons. The maximum absolute atomic E-state index is 13.0. The summed E-state index contributed by atoms with van der Waals surface area (Å²) in [6.07, 6.45) is 8.40. The monoisotopic (exact) mass is 467 g/mol. The van der Waals surface area contributed by atoms with E-state index < -0.39 is 10.0 Å². The minimum absolute atomic E-state index is 0.0612. The smallest absolute Gasteiger partial charge is 0.226 e. The molecule has 1 aliphatic heterocycles. The molecule has 1 aromatic heterocycles. The molecule has 3 aliphatic rings. The van der Waals surface area contributed by atoms with Crippen molar-refractivity contribution in [3.63, 3.8) is 0 Å². The number of amides is 2. The van der Waals surface area contributed by atoms with Crippen LogP contribution in [-0.4, -0.2) is 57.1 Å². The SMILES string of the molecule is CS(=O)(=O)NCCC(=O)NC1CCCCC12CCN(C(=O)C1CC1c1cccs1)CC2. The first-order valence-corrected chi connectivity index (χ1v) is 14.1. The molecular formula is C22H33N3O4S2. The van der Waals surface area contributed by atoms with E-state index in [0.717, 1.165) is 57.9 Å². The van der Waals surface area contributed by atoms with E-state index in [4.69, 9.17) is 0 Å². The lowest BCUT2D eigenvalue weighted by molar-refractivity contribution is -0.136. The first kappa shape index (κ1) is 22.7. The summed E-state index contributed by atoms with van der Waals surface area (Å²) in [5.41, 5.74) is 0.0612.